The van der Waals surface area contributed by atoms with Gasteiger partial charge in [-0.1, -0.05) is 12.1 Å². The number of rotatable bonds is 4. The second kappa shape index (κ2) is 7.77. The largest absolute Gasteiger partial charge is 0.478 e. The maximum Gasteiger partial charge on any atom is 0.335 e. The predicted molar refractivity (Wildman–Crippen MR) is 89.2 cm³/mol. The van der Waals surface area contributed by atoms with Crippen LogP contribution >= 0.6 is 0 Å². The summed E-state index contributed by atoms with van der Waals surface area (Å²) in [6, 6.07) is 7.13. The first-order chi connectivity index (χ1) is 11.6. The molecule has 1 N–H and O–H groups in total. The van der Waals surface area contributed by atoms with Gasteiger partial charge in [-0.25, -0.2) is 4.79 Å². The number of amides is 1. The third-order valence-corrected chi connectivity index (χ3v) is 4.86. The summed E-state index contributed by atoms with van der Waals surface area (Å²) in [6.45, 7) is 4.89. The Hall–Kier alpha value is -1.92. The minimum atomic E-state index is -0.900. The van der Waals surface area contributed by atoms with Gasteiger partial charge in [0.25, 0.3) is 0 Å². The Morgan fingerprint density at radius 2 is 1.83 bits per heavy atom. The number of carboxylic acids is 1. The number of likely N-dealkylation sites (tertiary alicyclic amines) is 1. The number of carbonyl (C=O) groups is 2. The third kappa shape index (κ3) is 4.13. The standard InChI is InChI=1S/C18H24N2O4/c21-17(20-8-10-24-11-9-20)13-19-7-1-2-16(12-19)14-3-5-15(6-4-14)18(22)23/h3-6,16H,1-2,7-13H2,(H,22,23)/t16-/m0/s1. The Morgan fingerprint density at radius 1 is 1.12 bits per heavy atom. The first-order valence-electron chi connectivity index (χ1n) is 8.54. The molecule has 2 aliphatic rings. The minimum absolute atomic E-state index is 0.181. The molecule has 24 heavy (non-hydrogen) atoms. The van der Waals surface area contributed by atoms with Crippen LogP contribution in [0.25, 0.3) is 0 Å². The van der Waals surface area contributed by atoms with E-state index in [1.54, 1.807) is 12.1 Å². The van der Waals surface area contributed by atoms with E-state index in [2.05, 4.69) is 4.90 Å². The van der Waals surface area contributed by atoms with Crippen LogP contribution in [-0.2, 0) is 9.53 Å². The van der Waals surface area contributed by atoms with Crippen LogP contribution in [0.4, 0.5) is 0 Å². The van der Waals surface area contributed by atoms with Crippen molar-refractivity contribution in [3.8, 4) is 0 Å². The van der Waals surface area contributed by atoms with Gasteiger partial charge in [0, 0.05) is 19.6 Å². The van der Waals surface area contributed by atoms with Gasteiger partial charge in [-0.2, -0.15) is 0 Å². The van der Waals surface area contributed by atoms with Crippen molar-refractivity contribution in [3.63, 3.8) is 0 Å². The number of benzene rings is 1. The zero-order valence-electron chi connectivity index (χ0n) is 13.8. The van der Waals surface area contributed by atoms with Crippen LogP contribution in [0, 0.1) is 0 Å². The quantitative estimate of drug-likeness (QED) is 0.903. The van der Waals surface area contributed by atoms with Gasteiger partial charge >= 0.3 is 5.97 Å². The van der Waals surface area contributed by atoms with Gasteiger partial charge in [0.2, 0.25) is 5.91 Å². The summed E-state index contributed by atoms with van der Waals surface area (Å²) in [7, 11) is 0. The van der Waals surface area contributed by atoms with E-state index < -0.39 is 5.97 Å². The maximum atomic E-state index is 12.4. The van der Waals surface area contributed by atoms with Crippen LogP contribution in [0.3, 0.4) is 0 Å². The number of hydrogen-bond acceptors (Lipinski definition) is 4. The molecule has 0 bridgehead atoms. The minimum Gasteiger partial charge on any atom is -0.478 e. The molecule has 2 aliphatic heterocycles. The summed E-state index contributed by atoms with van der Waals surface area (Å²) < 4.78 is 5.29. The normalized spacial score (nSPS) is 22.3. The summed E-state index contributed by atoms with van der Waals surface area (Å²) in [5.41, 5.74) is 1.47. The highest BCUT2D eigenvalue weighted by Gasteiger charge is 2.25. The lowest BCUT2D eigenvalue weighted by Gasteiger charge is -2.35. The first-order valence-corrected chi connectivity index (χ1v) is 8.54. The number of piperidine rings is 1. The molecule has 0 unspecified atom stereocenters. The average Bonchev–Trinajstić information content (AvgIpc) is 2.63. The fourth-order valence-corrected chi connectivity index (χ4v) is 3.47. The Labute approximate surface area is 142 Å². The van der Waals surface area contributed by atoms with Gasteiger partial charge in [0.1, 0.15) is 0 Å². The SMILES string of the molecule is O=C(O)c1ccc([C@H]2CCCN(CC(=O)N3CCOCC3)C2)cc1. The number of hydrogen-bond donors (Lipinski definition) is 1. The first kappa shape index (κ1) is 16.9. The highest BCUT2D eigenvalue weighted by molar-refractivity contribution is 5.87. The van der Waals surface area contributed by atoms with E-state index in [0.29, 0.717) is 44.3 Å². The van der Waals surface area contributed by atoms with E-state index in [9.17, 15) is 9.59 Å². The van der Waals surface area contributed by atoms with Gasteiger partial charge < -0.3 is 14.7 Å². The second-order valence-corrected chi connectivity index (χ2v) is 6.49. The molecule has 2 saturated heterocycles. The lowest BCUT2D eigenvalue weighted by molar-refractivity contribution is -0.136. The zero-order valence-corrected chi connectivity index (χ0v) is 13.8. The van der Waals surface area contributed by atoms with Crippen LogP contribution in [0.15, 0.2) is 24.3 Å². The molecule has 1 aromatic carbocycles. The number of aromatic carboxylic acids is 1. The van der Waals surface area contributed by atoms with Crippen LogP contribution < -0.4 is 0 Å². The van der Waals surface area contributed by atoms with Gasteiger partial charge in [-0.3, -0.25) is 9.69 Å². The summed E-state index contributed by atoms with van der Waals surface area (Å²) in [6.07, 6.45) is 2.14. The van der Waals surface area contributed by atoms with Crippen molar-refractivity contribution >= 4 is 11.9 Å². The predicted octanol–water partition coefficient (Wildman–Crippen LogP) is 1.42. The van der Waals surface area contributed by atoms with Crippen molar-refractivity contribution in [2.75, 3.05) is 45.9 Å². The number of nitrogens with zero attached hydrogens (tertiary/aromatic N) is 2. The average molecular weight is 332 g/mol. The molecule has 0 aliphatic carbocycles. The molecule has 0 spiro atoms. The molecule has 0 aromatic heterocycles. The van der Waals surface area contributed by atoms with E-state index in [4.69, 9.17) is 9.84 Å². The molecule has 2 heterocycles. The van der Waals surface area contributed by atoms with Crippen LogP contribution in [-0.4, -0.2) is 72.7 Å². The van der Waals surface area contributed by atoms with E-state index in [0.717, 1.165) is 31.5 Å². The maximum absolute atomic E-state index is 12.4. The van der Waals surface area contributed by atoms with Crippen molar-refractivity contribution in [3.05, 3.63) is 35.4 Å². The Balaban J connectivity index is 1.57. The van der Waals surface area contributed by atoms with E-state index in [1.807, 2.05) is 17.0 Å². The Bertz CT molecular complexity index is 581. The molecule has 3 rings (SSSR count). The zero-order chi connectivity index (χ0) is 16.9. The van der Waals surface area contributed by atoms with Crippen molar-refractivity contribution < 1.29 is 19.4 Å². The van der Waals surface area contributed by atoms with Crippen molar-refractivity contribution in [1.82, 2.24) is 9.80 Å². The molecular formula is C18H24N2O4. The fraction of sp³-hybridized carbons (Fsp3) is 0.556. The lowest BCUT2D eigenvalue weighted by Crippen LogP contribution is -2.47. The van der Waals surface area contributed by atoms with Crippen LogP contribution in [0.1, 0.15) is 34.7 Å². The Morgan fingerprint density at radius 3 is 2.50 bits per heavy atom. The van der Waals surface area contributed by atoms with Crippen molar-refractivity contribution in [2.24, 2.45) is 0 Å². The molecule has 0 radical (unpaired) electrons. The summed E-state index contributed by atoms with van der Waals surface area (Å²) in [5.74, 6) is -0.359. The van der Waals surface area contributed by atoms with E-state index in [1.165, 1.54) is 0 Å². The fourth-order valence-electron chi connectivity index (χ4n) is 3.47. The molecule has 0 saturated carbocycles. The monoisotopic (exact) mass is 332 g/mol. The molecule has 1 amide bonds. The Kier molecular flexibility index (Phi) is 5.48. The van der Waals surface area contributed by atoms with Gasteiger partial charge in [-0.15, -0.1) is 0 Å². The highest BCUT2D eigenvalue weighted by atomic mass is 16.5. The van der Waals surface area contributed by atoms with Crippen LogP contribution in [0.2, 0.25) is 0 Å². The van der Waals surface area contributed by atoms with Gasteiger partial charge in [0.15, 0.2) is 0 Å². The number of carboxylic acid groups (broad SMARTS) is 1. The molecule has 2 fully saturated rings. The molecule has 6 nitrogen and oxygen atoms in total. The molecule has 130 valence electrons. The van der Waals surface area contributed by atoms with E-state index in [-0.39, 0.29) is 5.91 Å². The molecule has 6 heteroatoms. The second-order valence-electron chi connectivity index (χ2n) is 6.49. The van der Waals surface area contributed by atoms with Gasteiger partial charge in [-0.05, 0) is 43.0 Å². The van der Waals surface area contributed by atoms with Crippen molar-refractivity contribution in [1.29, 1.82) is 0 Å². The molecular weight excluding hydrogens is 308 g/mol. The lowest BCUT2D eigenvalue weighted by atomic mass is 9.90. The molecule has 1 aromatic rings. The number of morpholine rings is 1. The number of carbonyl (C=O) groups excluding carboxylic acids is 1. The van der Waals surface area contributed by atoms with Crippen molar-refractivity contribution in [2.45, 2.75) is 18.8 Å². The topological polar surface area (TPSA) is 70.1 Å². The van der Waals surface area contributed by atoms with Crippen LogP contribution in [0.5, 0.6) is 0 Å². The highest BCUT2D eigenvalue weighted by Crippen LogP contribution is 2.27. The van der Waals surface area contributed by atoms with Gasteiger partial charge in [0.05, 0.1) is 25.3 Å². The summed E-state index contributed by atoms with van der Waals surface area (Å²) in [5, 5.41) is 8.99. The number of ether oxygens (including phenoxy) is 1. The molecule has 1 atom stereocenters. The summed E-state index contributed by atoms with van der Waals surface area (Å²) >= 11 is 0. The smallest absolute Gasteiger partial charge is 0.335 e. The summed E-state index contributed by atoms with van der Waals surface area (Å²) in [4.78, 5) is 27.4. The van der Waals surface area contributed by atoms with E-state index >= 15 is 0 Å². The third-order valence-electron chi connectivity index (χ3n) is 4.86.